The van der Waals surface area contributed by atoms with Gasteiger partial charge in [0.15, 0.2) is 0 Å². The van der Waals surface area contributed by atoms with E-state index in [0.717, 1.165) is 12.8 Å². The normalized spacial score (nSPS) is 18.4. The van der Waals surface area contributed by atoms with Crippen molar-refractivity contribution in [2.45, 2.75) is 52.4 Å². The summed E-state index contributed by atoms with van der Waals surface area (Å²) in [6.07, 6.45) is 5.83. The Hall–Kier alpha value is -0.860. The van der Waals surface area contributed by atoms with E-state index in [2.05, 4.69) is 0 Å². The van der Waals surface area contributed by atoms with Gasteiger partial charge >= 0.3 is 5.97 Å². The largest absolute Gasteiger partial charge is 0.465 e. The third-order valence-electron chi connectivity index (χ3n) is 3.32. The van der Waals surface area contributed by atoms with E-state index < -0.39 is 0 Å². The predicted octanol–water partition coefficient (Wildman–Crippen LogP) is 2.73. The molecule has 0 aromatic heterocycles. The van der Waals surface area contributed by atoms with Crippen molar-refractivity contribution in [3.8, 4) is 0 Å². The zero-order chi connectivity index (χ0) is 12.0. The van der Waals surface area contributed by atoms with Crippen molar-refractivity contribution in [1.82, 2.24) is 0 Å². The standard InChI is InChI=1S/C13H22O3/c1-3-12(14)10(2)9-16-13(15)8-11-6-4-5-7-11/h10-11H,3-9H2,1-2H3. The van der Waals surface area contributed by atoms with Gasteiger partial charge in [-0.15, -0.1) is 0 Å². The highest BCUT2D eigenvalue weighted by molar-refractivity contribution is 5.80. The minimum absolute atomic E-state index is 0.136. The van der Waals surface area contributed by atoms with Crippen LogP contribution in [0, 0.1) is 11.8 Å². The molecule has 0 aromatic rings. The van der Waals surface area contributed by atoms with Gasteiger partial charge in [0.05, 0.1) is 0 Å². The van der Waals surface area contributed by atoms with Gasteiger partial charge in [0.25, 0.3) is 0 Å². The number of esters is 1. The molecule has 0 aromatic carbocycles. The zero-order valence-electron chi connectivity index (χ0n) is 10.3. The second-order valence-corrected chi connectivity index (χ2v) is 4.76. The smallest absolute Gasteiger partial charge is 0.306 e. The molecule has 3 nitrogen and oxygen atoms in total. The quantitative estimate of drug-likeness (QED) is 0.654. The van der Waals surface area contributed by atoms with Crippen LogP contribution in [0.25, 0.3) is 0 Å². The third kappa shape index (κ3) is 4.33. The van der Waals surface area contributed by atoms with E-state index in [-0.39, 0.29) is 24.3 Å². The molecule has 0 aliphatic heterocycles. The van der Waals surface area contributed by atoms with Gasteiger partial charge in [-0.2, -0.15) is 0 Å². The van der Waals surface area contributed by atoms with Crippen LogP contribution in [-0.2, 0) is 14.3 Å². The van der Waals surface area contributed by atoms with Crippen molar-refractivity contribution >= 4 is 11.8 Å². The van der Waals surface area contributed by atoms with Crippen molar-refractivity contribution in [3.63, 3.8) is 0 Å². The van der Waals surface area contributed by atoms with Crippen molar-refractivity contribution in [2.24, 2.45) is 11.8 Å². The Morgan fingerprint density at radius 2 is 1.94 bits per heavy atom. The first-order valence-corrected chi connectivity index (χ1v) is 6.31. The Bertz CT molecular complexity index is 242. The van der Waals surface area contributed by atoms with E-state index in [4.69, 9.17) is 4.74 Å². The first-order valence-electron chi connectivity index (χ1n) is 6.31. The van der Waals surface area contributed by atoms with Gasteiger partial charge in [0, 0.05) is 18.8 Å². The minimum atomic E-state index is -0.155. The summed E-state index contributed by atoms with van der Waals surface area (Å²) in [6, 6.07) is 0. The van der Waals surface area contributed by atoms with Crippen LogP contribution in [0.15, 0.2) is 0 Å². The highest BCUT2D eigenvalue weighted by Gasteiger charge is 2.20. The molecule has 3 heteroatoms. The molecule has 1 rings (SSSR count). The highest BCUT2D eigenvalue weighted by Crippen LogP contribution is 2.27. The second-order valence-electron chi connectivity index (χ2n) is 4.76. The second kappa shape index (κ2) is 6.66. The van der Waals surface area contributed by atoms with Gasteiger partial charge in [0.2, 0.25) is 0 Å². The van der Waals surface area contributed by atoms with Crippen molar-refractivity contribution in [3.05, 3.63) is 0 Å². The van der Waals surface area contributed by atoms with E-state index in [9.17, 15) is 9.59 Å². The molecule has 92 valence electrons. The maximum Gasteiger partial charge on any atom is 0.306 e. The highest BCUT2D eigenvalue weighted by atomic mass is 16.5. The summed E-state index contributed by atoms with van der Waals surface area (Å²) < 4.78 is 5.13. The maximum atomic E-state index is 11.5. The molecule has 1 aliphatic carbocycles. The topological polar surface area (TPSA) is 43.4 Å². The molecule has 0 radical (unpaired) electrons. The monoisotopic (exact) mass is 226 g/mol. The molecule has 0 saturated heterocycles. The zero-order valence-corrected chi connectivity index (χ0v) is 10.3. The Kier molecular flexibility index (Phi) is 5.50. The van der Waals surface area contributed by atoms with E-state index in [0.29, 0.717) is 18.8 Å². The predicted molar refractivity (Wildman–Crippen MR) is 62.0 cm³/mol. The van der Waals surface area contributed by atoms with Crippen LogP contribution in [-0.4, -0.2) is 18.4 Å². The lowest BCUT2D eigenvalue weighted by molar-refractivity contribution is -0.147. The molecule has 1 unspecified atom stereocenters. The van der Waals surface area contributed by atoms with Crippen LogP contribution >= 0.6 is 0 Å². The summed E-state index contributed by atoms with van der Waals surface area (Å²) in [7, 11) is 0. The van der Waals surface area contributed by atoms with Crippen LogP contribution in [0.1, 0.15) is 52.4 Å². The molecule has 0 N–H and O–H groups in total. The van der Waals surface area contributed by atoms with Crippen LogP contribution in [0.5, 0.6) is 0 Å². The fourth-order valence-corrected chi connectivity index (χ4v) is 2.17. The lowest BCUT2D eigenvalue weighted by atomic mass is 10.0. The molecular formula is C13H22O3. The van der Waals surface area contributed by atoms with Crippen molar-refractivity contribution < 1.29 is 14.3 Å². The first-order chi connectivity index (χ1) is 7.63. The molecule has 0 bridgehead atoms. The summed E-state index contributed by atoms with van der Waals surface area (Å²) >= 11 is 0. The van der Waals surface area contributed by atoms with Crippen LogP contribution < -0.4 is 0 Å². The van der Waals surface area contributed by atoms with E-state index in [1.165, 1.54) is 12.8 Å². The van der Waals surface area contributed by atoms with Crippen molar-refractivity contribution in [1.29, 1.82) is 0 Å². The van der Waals surface area contributed by atoms with E-state index >= 15 is 0 Å². The number of hydrogen-bond acceptors (Lipinski definition) is 3. The number of Topliss-reactive ketones (excluding diaryl/α,β-unsaturated/α-hetero) is 1. The molecule has 1 aliphatic rings. The van der Waals surface area contributed by atoms with Gasteiger partial charge in [-0.3, -0.25) is 9.59 Å². The number of carbonyl (C=O) groups is 2. The average molecular weight is 226 g/mol. The van der Waals surface area contributed by atoms with Gasteiger partial charge in [-0.1, -0.05) is 26.7 Å². The average Bonchev–Trinajstić information content (AvgIpc) is 2.77. The molecule has 0 heterocycles. The molecule has 1 fully saturated rings. The first kappa shape index (κ1) is 13.2. The lowest BCUT2D eigenvalue weighted by Gasteiger charge is -2.12. The van der Waals surface area contributed by atoms with Gasteiger partial charge < -0.3 is 4.74 Å². The molecule has 1 saturated carbocycles. The Labute approximate surface area is 97.5 Å². The van der Waals surface area contributed by atoms with Crippen LogP contribution in [0.2, 0.25) is 0 Å². The molecule has 0 amide bonds. The van der Waals surface area contributed by atoms with Gasteiger partial charge in [-0.25, -0.2) is 0 Å². The van der Waals surface area contributed by atoms with E-state index in [1.807, 2.05) is 13.8 Å². The molecule has 16 heavy (non-hydrogen) atoms. The summed E-state index contributed by atoms with van der Waals surface area (Å²) in [6.45, 7) is 3.89. The van der Waals surface area contributed by atoms with Gasteiger partial charge in [0.1, 0.15) is 12.4 Å². The number of carbonyl (C=O) groups excluding carboxylic acids is 2. The van der Waals surface area contributed by atoms with Crippen LogP contribution in [0.3, 0.4) is 0 Å². The Balaban J connectivity index is 2.16. The third-order valence-corrected chi connectivity index (χ3v) is 3.32. The number of ether oxygens (including phenoxy) is 1. The Morgan fingerprint density at radius 3 is 2.50 bits per heavy atom. The fraction of sp³-hybridized carbons (Fsp3) is 0.846. The SMILES string of the molecule is CCC(=O)C(C)COC(=O)CC1CCCC1. The molecular weight excluding hydrogens is 204 g/mol. The summed E-state index contributed by atoms with van der Waals surface area (Å²) in [5.41, 5.74) is 0. The fourth-order valence-electron chi connectivity index (χ4n) is 2.17. The minimum Gasteiger partial charge on any atom is -0.465 e. The number of hydrogen-bond donors (Lipinski definition) is 0. The summed E-state index contributed by atoms with van der Waals surface area (Å²) in [5.74, 6) is 0.388. The maximum absolute atomic E-state index is 11.5. The lowest BCUT2D eigenvalue weighted by Crippen LogP contribution is -2.19. The number of rotatable bonds is 6. The summed E-state index contributed by atoms with van der Waals surface area (Å²) in [5, 5.41) is 0. The van der Waals surface area contributed by atoms with Crippen molar-refractivity contribution in [2.75, 3.05) is 6.61 Å². The molecule has 1 atom stereocenters. The van der Waals surface area contributed by atoms with Gasteiger partial charge in [-0.05, 0) is 18.8 Å². The van der Waals surface area contributed by atoms with Crippen LogP contribution in [0.4, 0.5) is 0 Å². The van der Waals surface area contributed by atoms with E-state index in [1.54, 1.807) is 0 Å². The number of ketones is 1. The Morgan fingerprint density at radius 1 is 1.31 bits per heavy atom. The molecule has 0 spiro atoms. The summed E-state index contributed by atoms with van der Waals surface area (Å²) in [4.78, 5) is 22.8.